The Morgan fingerprint density at radius 2 is 1.95 bits per heavy atom. The third-order valence-corrected chi connectivity index (χ3v) is 2.57. The zero-order valence-corrected chi connectivity index (χ0v) is 10.6. The van der Waals surface area contributed by atoms with Crippen LogP contribution in [0, 0.1) is 0 Å². The number of aromatic nitrogens is 1. The molecule has 110 valence electrons. The number of alkyl halides is 3. The molecule has 0 aliphatic carbocycles. The lowest BCUT2D eigenvalue weighted by Gasteiger charge is -2.13. The Labute approximate surface area is 117 Å². The molecule has 0 atom stereocenters. The van der Waals surface area contributed by atoms with Gasteiger partial charge >= 0.3 is 12.3 Å². The number of para-hydroxylation sites is 1. The predicted octanol–water partition coefficient (Wildman–Crippen LogP) is 3.27. The first-order chi connectivity index (χ1) is 9.85. The first-order valence-corrected chi connectivity index (χ1v) is 5.86. The zero-order chi connectivity index (χ0) is 15.5. The van der Waals surface area contributed by atoms with Gasteiger partial charge in [0.1, 0.15) is 5.75 Å². The van der Waals surface area contributed by atoms with E-state index in [0.29, 0.717) is 11.1 Å². The fraction of sp³-hybridized carbons (Fsp3) is 0.143. The standard InChI is InChI=1S/C14H10F3NO3/c15-14(16,17)21-12-4-2-1-3-11(12)10-5-9(6-13(19)20)7-18-8-10/h1-5,7-8H,6H2,(H,19,20). The number of carboxylic acid groups (broad SMARTS) is 1. The fourth-order valence-corrected chi connectivity index (χ4v) is 1.82. The lowest BCUT2D eigenvalue weighted by atomic mass is 10.0. The van der Waals surface area contributed by atoms with Gasteiger partial charge in [-0.05, 0) is 17.7 Å². The molecule has 4 nitrogen and oxygen atoms in total. The average Bonchev–Trinajstić information content (AvgIpc) is 2.37. The van der Waals surface area contributed by atoms with E-state index in [4.69, 9.17) is 5.11 Å². The third kappa shape index (κ3) is 4.20. The van der Waals surface area contributed by atoms with E-state index in [-0.39, 0.29) is 17.7 Å². The van der Waals surface area contributed by atoms with Gasteiger partial charge in [-0.3, -0.25) is 9.78 Å². The first-order valence-electron chi connectivity index (χ1n) is 5.86. The van der Waals surface area contributed by atoms with Crippen LogP contribution in [0.15, 0.2) is 42.7 Å². The summed E-state index contributed by atoms with van der Waals surface area (Å²) in [5.41, 5.74) is 0.935. The van der Waals surface area contributed by atoms with Crippen LogP contribution in [-0.2, 0) is 11.2 Å². The molecule has 0 aliphatic heterocycles. The Morgan fingerprint density at radius 3 is 2.62 bits per heavy atom. The van der Waals surface area contributed by atoms with Crippen molar-refractivity contribution in [2.45, 2.75) is 12.8 Å². The second kappa shape index (κ2) is 5.82. The normalized spacial score (nSPS) is 11.2. The lowest BCUT2D eigenvalue weighted by molar-refractivity contribution is -0.274. The third-order valence-electron chi connectivity index (χ3n) is 2.57. The molecular weight excluding hydrogens is 287 g/mol. The van der Waals surface area contributed by atoms with Gasteiger partial charge in [-0.15, -0.1) is 13.2 Å². The highest BCUT2D eigenvalue weighted by atomic mass is 19.4. The van der Waals surface area contributed by atoms with Crippen LogP contribution in [0.2, 0.25) is 0 Å². The number of hydrogen-bond acceptors (Lipinski definition) is 3. The van der Waals surface area contributed by atoms with Crippen molar-refractivity contribution in [3.63, 3.8) is 0 Å². The highest BCUT2D eigenvalue weighted by Crippen LogP contribution is 2.33. The molecule has 0 fully saturated rings. The maximum Gasteiger partial charge on any atom is 0.573 e. The van der Waals surface area contributed by atoms with Gasteiger partial charge in [-0.2, -0.15) is 0 Å². The van der Waals surface area contributed by atoms with Gasteiger partial charge in [0.25, 0.3) is 0 Å². The summed E-state index contributed by atoms with van der Waals surface area (Å²) in [5.74, 6) is -1.41. The Bertz CT molecular complexity index is 656. The van der Waals surface area contributed by atoms with E-state index in [0.717, 1.165) is 0 Å². The minimum atomic E-state index is -4.80. The van der Waals surface area contributed by atoms with Crippen molar-refractivity contribution in [2.75, 3.05) is 0 Å². The SMILES string of the molecule is O=C(O)Cc1cncc(-c2ccccc2OC(F)(F)F)c1. The summed E-state index contributed by atoms with van der Waals surface area (Å²) in [4.78, 5) is 14.5. The van der Waals surface area contributed by atoms with Crippen LogP contribution in [0.4, 0.5) is 13.2 Å². The number of aliphatic carboxylic acids is 1. The van der Waals surface area contributed by atoms with Crippen molar-refractivity contribution < 1.29 is 27.8 Å². The predicted molar refractivity (Wildman–Crippen MR) is 67.7 cm³/mol. The van der Waals surface area contributed by atoms with Crippen LogP contribution in [0.1, 0.15) is 5.56 Å². The minimum absolute atomic E-state index is 0.189. The van der Waals surface area contributed by atoms with Gasteiger partial charge in [0, 0.05) is 23.5 Å². The van der Waals surface area contributed by atoms with E-state index < -0.39 is 12.3 Å². The molecule has 1 aromatic carbocycles. The summed E-state index contributed by atoms with van der Waals surface area (Å²) in [6.45, 7) is 0. The van der Waals surface area contributed by atoms with Gasteiger partial charge in [-0.1, -0.05) is 18.2 Å². The second-order valence-corrected chi connectivity index (χ2v) is 4.20. The van der Waals surface area contributed by atoms with Crippen molar-refractivity contribution in [3.8, 4) is 16.9 Å². The molecule has 2 aromatic rings. The summed E-state index contributed by atoms with van der Waals surface area (Å²) in [6.07, 6.45) is -2.36. The van der Waals surface area contributed by atoms with Crippen LogP contribution in [-0.4, -0.2) is 22.4 Å². The average molecular weight is 297 g/mol. The number of carbonyl (C=O) groups is 1. The Balaban J connectivity index is 2.40. The van der Waals surface area contributed by atoms with Crippen LogP contribution < -0.4 is 4.74 Å². The topological polar surface area (TPSA) is 59.4 Å². The molecule has 1 heterocycles. The molecule has 0 saturated heterocycles. The number of nitrogens with zero attached hydrogens (tertiary/aromatic N) is 1. The number of rotatable bonds is 4. The van der Waals surface area contributed by atoms with Crippen LogP contribution in [0.25, 0.3) is 11.1 Å². The van der Waals surface area contributed by atoms with Gasteiger partial charge in [0.05, 0.1) is 6.42 Å². The van der Waals surface area contributed by atoms with Crippen LogP contribution in [0.3, 0.4) is 0 Å². The molecule has 7 heteroatoms. The summed E-state index contributed by atoms with van der Waals surface area (Å²) in [5, 5.41) is 8.73. The first kappa shape index (κ1) is 14.8. The van der Waals surface area contributed by atoms with Gasteiger partial charge in [-0.25, -0.2) is 0 Å². The van der Waals surface area contributed by atoms with Crippen molar-refractivity contribution >= 4 is 5.97 Å². The second-order valence-electron chi connectivity index (χ2n) is 4.20. The molecule has 0 spiro atoms. The Kier molecular flexibility index (Phi) is 4.11. The summed E-state index contributed by atoms with van der Waals surface area (Å²) < 4.78 is 41.1. The van der Waals surface area contributed by atoms with E-state index in [2.05, 4.69) is 9.72 Å². The Morgan fingerprint density at radius 1 is 1.24 bits per heavy atom. The summed E-state index contributed by atoms with van der Waals surface area (Å²) in [7, 11) is 0. The largest absolute Gasteiger partial charge is 0.573 e. The van der Waals surface area contributed by atoms with E-state index >= 15 is 0 Å². The minimum Gasteiger partial charge on any atom is -0.481 e. The van der Waals surface area contributed by atoms with Crippen molar-refractivity contribution in [2.24, 2.45) is 0 Å². The summed E-state index contributed by atoms with van der Waals surface area (Å²) >= 11 is 0. The van der Waals surface area contributed by atoms with Gasteiger partial charge in [0.15, 0.2) is 0 Å². The molecule has 0 saturated carbocycles. The molecule has 0 radical (unpaired) electrons. The van der Waals surface area contributed by atoms with E-state index in [1.165, 1.54) is 36.7 Å². The Hall–Kier alpha value is -2.57. The zero-order valence-electron chi connectivity index (χ0n) is 10.6. The van der Waals surface area contributed by atoms with Gasteiger partial charge in [0.2, 0.25) is 0 Å². The van der Waals surface area contributed by atoms with Crippen molar-refractivity contribution in [3.05, 3.63) is 48.3 Å². The quantitative estimate of drug-likeness (QED) is 0.941. The van der Waals surface area contributed by atoms with Crippen molar-refractivity contribution in [1.82, 2.24) is 4.98 Å². The molecule has 1 aromatic heterocycles. The fourth-order valence-electron chi connectivity index (χ4n) is 1.82. The molecule has 1 N–H and O–H groups in total. The maximum absolute atomic E-state index is 12.4. The molecule has 2 rings (SSSR count). The molecular formula is C14H10F3NO3. The number of carboxylic acids is 1. The molecule has 21 heavy (non-hydrogen) atoms. The number of ether oxygens (including phenoxy) is 1. The maximum atomic E-state index is 12.4. The molecule has 0 bridgehead atoms. The number of benzene rings is 1. The van der Waals surface area contributed by atoms with Crippen LogP contribution >= 0.6 is 0 Å². The van der Waals surface area contributed by atoms with Gasteiger partial charge < -0.3 is 9.84 Å². The number of hydrogen-bond donors (Lipinski definition) is 1. The van der Waals surface area contributed by atoms with E-state index in [1.54, 1.807) is 6.07 Å². The van der Waals surface area contributed by atoms with E-state index in [9.17, 15) is 18.0 Å². The molecule has 0 amide bonds. The molecule has 0 unspecified atom stereocenters. The lowest BCUT2D eigenvalue weighted by Crippen LogP contribution is -2.17. The highest BCUT2D eigenvalue weighted by molar-refractivity contribution is 5.73. The number of pyridine rings is 1. The van der Waals surface area contributed by atoms with Crippen LogP contribution in [0.5, 0.6) is 5.75 Å². The number of halogens is 3. The highest BCUT2D eigenvalue weighted by Gasteiger charge is 2.32. The summed E-state index contributed by atoms with van der Waals surface area (Å²) in [6, 6.07) is 7.08. The smallest absolute Gasteiger partial charge is 0.481 e. The molecule has 0 aliphatic rings. The monoisotopic (exact) mass is 297 g/mol. The van der Waals surface area contributed by atoms with E-state index in [1.807, 2.05) is 0 Å². The van der Waals surface area contributed by atoms with Crippen molar-refractivity contribution in [1.29, 1.82) is 0 Å².